The average Bonchev–Trinajstić information content (AvgIpc) is 2.80. The zero-order chi connectivity index (χ0) is 13.1. The first-order chi connectivity index (χ1) is 8.56. The van der Waals surface area contributed by atoms with Crippen LogP contribution in [0.2, 0.25) is 0 Å². The van der Waals surface area contributed by atoms with E-state index in [1.54, 1.807) is 6.26 Å². The normalized spacial score (nSPS) is 14.4. The van der Waals surface area contributed by atoms with E-state index < -0.39 is 0 Å². The van der Waals surface area contributed by atoms with Crippen LogP contribution in [-0.4, -0.2) is 0 Å². The molecule has 18 heavy (non-hydrogen) atoms. The van der Waals surface area contributed by atoms with Crippen LogP contribution in [0.15, 0.2) is 41.0 Å². The number of hydrogen-bond acceptors (Lipinski definition) is 2. The molecule has 0 fully saturated rings. The molecular formula is C16H21NO. The summed E-state index contributed by atoms with van der Waals surface area (Å²) in [5.41, 5.74) is 3.94. The van der Waals surface area contributed by atoms with Crippen molar-refractivity contribution in [3.63, 3.8) is 0 Å². The molecule has 2 atom stereocenters. The van der Waals surface area contributed by atoms with Crippen molar-refractivity contribution >= 4 is 0 Å². The predicted octanol–water partition coefficient (Wildman–Crippen LogP) is 4.31. The van der Waals surface area contributed by atoms with Crippen molar-refractivity contribution in [1.82, 2.24) is 5.32 Å². The van der Waals surface area contributed by atoms with Gasteiger partial charge < -0.3 is 9.73 Å². The van der Waals surface area contributed by atoms with Gasteiger partial charge in [0.15, 0.2) is 0 Å². The summed E-state index contributed by atoms with van der Waals surface area (Å²) in [5.74, 6) is 0.978. The summed E-state index contributed by atoms with van der Waals surface area (Å²) in [6.07, 6.45) is 1.72. The van der Waals surface area contributed by atoms with E-state index in [1.807, 2.05) is 12.1 Å². The van der Waals surface area contributed by atoms with Crippen molar-refractivity contribution in [3.8, 4) is 0 Å². The lowest BCUT2D eigenvalue weighted by atomic mass is 10.0. The largest absolute Gasteiger partial charge is 0.468 e. The molecule has 1 unspecified atom stereocenters. The Bertz CT molecular complexity index is 482. The summed E-state index contributed by atoms with van der Waals surface area (Å²) in [5, 5.41) is 3.56. The van der Waals surface area contributed by atoms with Crippen LogP contribution in [0.1, 0.15) is 48.4 Å². The lowest BCUT2D eigenvalue weighted by Gasteiger charge is -2.19. The van der Waals surface area contributed by atoms with Crippen LogP contribution >= 0.6 is 0 Å². The van der Waals surface area contributed by atoms with Crippen molar-refractivity contribution in [2.75, 3.05) is 0 Å². The topological polar surface area (TPSA) is 25.2 Å². The molecule has 2 heteroatoms. The summed E-state index contributed by atoms with van der Waals surface area (Å²) >= 11 is 0. The number of nitrogens with one attached hydrogen (secondary N) is 1. The Hall–Kier alpha value is -1.54. The molecule has 1 aromatic heterocycles. The molecular weight excluding hydrogens is 222 g/mol. The minimum absolute atomic E-state index is 0.218. The van der Waals surface area contributed by atoms with E-state index in [2.05, 4.69) is 51.2 Å². The highest BCUT2D eigenvalue weighted by Crippen LogP contribution is 2.21. The quantitative estimate of drug-likeness (QED) is 0.865. The molecule has 1 N–H and O–H groups in total. The lowest BCUT2D eigenvalue weighted by molar-refractivity contribution is 0.403. The summed E-state index contributed by atoms with van der Waals surface area (Å²) in [7, 11) is 0. The fourth-order valence-corrected chi connectivity index (χ4v) is 2.35. The minimum Gasteiger partial charge on any atom is -0.468 e. The fraction of sp³-hybridized carbons (Fsp3) is 0.375. The van der Waals surface area contributed by atoms with Gasteiger partial charge in [0.2, 0.25) is 0 Å². The number of rotatable bonds is 4. The number of furan rings is 1. The Kier molecular flexibility index (Phi) is 3.87. The van der Waals surface area contributed by atoms with E-state index in [0.29, 0.717) is 6.04 Å². The molecule has 1 heterocycles. The average molecular weight is 243 g/mol. The summed E-state index contributed by atoms with van der Waals surface area (Å²) < 4.78 is 5.42. The maximum absolute atomic E-state index is 5.42. The van der Waals surface area contributed by atoms with Gasteiger partial charge in [-0.05, 0) is 45.4 Å². The van der Waals surface area contributed by atoms with Gasteiger partial charge in [-0.1, -0.05) is 29.3 Å². The Morgan fingerprint density at radius 1 is 1.00 bits per heavy atom. The fourth-order valence-electron chi connectivity index (χ4n) is 2.35. The van der Waals surface area contributed by atoms with Crippen molar-refractivity contribution < 1.29 is 4.42 Å². The molecule has 96 valence electrons. The standard InChI is InChI=1S/C16H21NO/c1-11-8-12(2)10-15(9-11)13(3)17-14(4)16-6-5-7-18-16/h5-10,13-14,17H,1-4H3/t13?,14-/m1/s1. The maximum atomic E-state index is 5.42. The van der Waals surface area contributed by atoms with E-state index >= 15 is 0 Å². The second kappa shape index (κ2) is 5.40. The molecule has 2 rings (SSSR count). The van der Waals surface area contributed by atoms with E-state index in [4.69, 9.17) is 4.42 Å². The van der Waals surface area contributed by atoms with Gasteiger partial charge in [-0.25, -0.2) is 0 Å². The maximum Gasteiger partial charge on any atom is 0.120 e. The van der Waals surface area contributed by atoms with E-state index in [-0.39, 0.29) is 6.04 Å². The van der Waals surface area contributed by atoms with Crippen molar-refractivity contribution in [1.29, 1.82) is 0 Å². The highest BCUT2D eigenvalue weighted by atomic mass is 16.3. The molecule has 0 bridgehead atoms. The van der Waals surface area contributed by atoms with Gasteiger partial charge in [0.1, 0.15) is 5.76 Å². The highest BCUT2D eigenvalue weighted by Gasteiger charge is 2.13. The van der Waals surface area contributed by atoms with E-state index in [9.17, 15) is 0 Å². The number of hydrogen-bond donors (Lipinski definition) is 1. The first kappa shape index (κ1) is 12.9. The first-order valence-electron chi connectivity index (χ1n) is 6.44. The molecule has 0 saturated carbocycles. The second-order valence-electron chi connectivity index (χ2n) is 5.05. The van der Waals surface area contributed by atoms with Gasteiger partial charge in [0, 0.05) is 6.04 Å². The third kappa shape index (κ3) is 3.02. The summed E-state index contributed by atoms with van der Waals surface area (Å²) in [6, 6.07) is 11.1. The van der Waals surface area contributed by atoms with Crippen LogP contribution in [0.25, 0.3) is 0 Å². The van der Waals surface area contributed by atoms with Gasteiger partial charge >= 0.3 is 0 Å². The Morgan fingerprint density at radius 3 is 2.22 bits per heavy atom. The Morgan fingerprint density at radius 2 is 1.67 bits per heavy atom. The summed E-state index contributed by atoms with van der Waals surface area (Å²) in [6.45, 7) is 8.59. The molecule has 0 aliphatic rings. The van der Waals surface area contributed by atoms with Gasteiger partial charge in [-0.15, -0.1) is 0 Å². The summed E-state index contributed by atoms with van der Waals surface area (Å²) in [4.78, 5) is 0. The third-order valence-corrected chi connectivity index (χ3v) is 3.21. The van der Waals surface area contributed by atoms with Crippen LogP contribution in [0.5, 0.6) is 0 Å². The van der Waals surface area contributed by atoms with Gasteiger partial charge in [-0.2, -0.15) is 0 Å². The molecule has 0 aliphatic heterocycles. The molecule has 0 amide bonds. The van der Waals surface area contributed by atoms with Gasteiger partial charge in [-0.3, -0.25) is 0 Å². The van der Waals surface area contributed by atoms with Gasteiger partial charge in [0.25, 0.3) is 0 Å². The number of benzene rings is 1. The Labute approximate surface area is 109 Å². The molecule has 0 saturated heterocycles. The third-order valence-electron chi connectivity index (χ3n) is 3.21. The smallest absolute Gasteiger partial charge is 0.120 e. The molecule has 2 nitrogen and oxygen atoms in total. The minimum atomic E-state index is 0.218. The first-order valence-corrected chi connectivity index (χ1v) is 6.44. The van der Waals surface area contributed by atoms with Crippen molar-refractivity contribution in [2.24, 2.45) is 0 Å². The molecule has 2 aromatic rings. The molecule has 1 aromatic carbocycles. The van der Waals surface area contributed by atoms with Crippen LogP contribution in [-0.2, 0) is 0 Å². The van der Waals surface area contributed by atoms with Crippen LogP contribution < -0.4 is 5.32 Å². The van der Waals surface area contributed by atoms with Crippen LogP contribution in [0.4, 0.5) is 0 Å². The second-order valence-corrected chi connectivity index (χ2v) is 5.05. The van der Waals surface area contributed by atoms with Crippen molar-refractivity contribution in [2.45, 2.75) is 39.8 Å². The highest BCUT2D eigenvalue weighted by molar-refractivity contribution is 5.30. The zero-order valence-corrected chi connectivity index (χ0v) is 11.5. The van der Waals surface area contributed by atoms with Crippen LogP contribution in [0, 0.1) is 13.8 Å². The molecule has 0 aliphatic carbocycles. The molecule has 0 radical (unpaired) electrons. The van der Waals surface area contributed by atoms with Gasteiger partial charge in [0.05, 0.1) is 12.3 Å². The lowest BCUT2D eigenvalue weighted by Crippen LogP contribution is -2.22. The monoisotopic (exact) mass is 243 g/mol. The Balaban J connectivity index is 2.09. The van der Waals surface area contributed by atoms with E-state index in [1.165, 1.54) is 16.7 Å². The van der Waals surface area contributed by atoms with Crippen molar-refractivity contribution in [3.05, 3.63) is 59.0 Å². The van der Waals surface area contributed by atoms with Crippen LogP contribution in [0.3, 0.4) is 0 Å². The SMILES string of the molecule is Cc1cc(C)cc(C(C)N[C@H](C)c2ccco2)c1. The van der Waals surface area contributed by atoms with E-state index in [0.717, 1.165) is 5.76 Å². The predicted molar refractivity (Wildman–Crippen MR) is 74.6 cm³/mol. The zero-order valence-electron chi connectivity index (χ0n) is 11.5. The number of aryl methyl sites for hydroxylation is 2. The molecule has 0 spiro atoms.